The third-order valence-corrected chi connectivity index (χ3v) is 4.51. The number of rotatable bonds is 2. The van der Waals surface area contributed by atoms with E-state index in [0.717, 1.165) is 23.9 Å². The normalized spacial score (nSPS) is 28.1. The zero-order chi connectivity index (χ0) is 12.5. The number of aromatic nitrogens is 1. The molecule has 5 heteroatoms. The fourth-order valence-electron chi connectivity index (χ4n) is 3.12. The van der Waals surface area contributed by atoms with Crippen LogP contribution in [0.5, 0.6) is 0 Å². The molecular formula is C13H18BrN3O. The summed E-state index contributed by atoms with van der Waals surface area (Å²) in [4.78, 5) is 17.6. The molecule has 0 spiro atoms. The fraction of sp³-hybridized carbons (Fsp3) is 0.615. The van der Waals surface area contributed by atoms with E-state index in [1.165, 1.54) is 19.4 Å². The van der Waals surface area contributed by atoms with Gasteiger partial charge in [0.1, 0.15) is 5.69 Å². The molecule has 0 aromatic carbocycles. The highest BCUT2D eigenvalue weighted by Gasteiger charge is 2.32. The highest BCUT2D eigenvalue weighted by Crippen LogP contribution is 2.27. The van der Waals surface area contributed by atoms with E-state index >= 15 is 0 Å². The molecule has 1 aromatic heterocycles. The van der Waals surface area contributed by atoms with Crippen molar-refractivity contribution in [2.24, 2.45) is 0 Å². The van der Waals surface area contributed by atoms with Gasteiger partial charge in [0, 0.05) is 29.3 Å². The van der Waals surface area contributed by atoms with E-state index < -0.39 is 0 Å². The first-order valence-corrected chi connectivity index (χ1v) is 7.40. The molecule has 2 aliphatic heterocycles. The lowest BCUT2D eigenvalue weighted by molar-refractivity contribution is 0.0892. The van der Waals surface area contributed by atoms with Crippen LogP contribution >= 0.6 is 15.9 Å². The number of carbonyl (C=O) groups excluding carboxylic acids is 1. The minimum Gasteiger partial charge on any atom is -0.356 e. The Balaban J connectivity index is 1.58. The zero-order valence-corrected chi connectivity index (χ0v) is 11.9. The van der Waals surface area contributed by atoms with Gasteiger partial charge < -0.3 is 15.2 Å². The third kappa shape index (κ3) is 2.47. The van der Waals surface area contributed by atoms with Crippen LogP contribution < -0.4 is 5.32 Å². The highest BCUT2D eigenvalue weighted by atomic mass is 79.9. The summed E-state index contributed by atoms with van der Waals surface area (Å²) < 4.78 is 0.915. The van der Waals surface area contributed by atoms with Crippen molar-refractivity contribution in [1.29, 1.82) is 0 Å². The third-order valence-electron chi connectivity index (χ3n) is 4.05. The van der Waals surface area contributed by atoms with Crippen LogP contribution in [0.4, 0.5) is 0 Å². The molecule has 0 aliphatic carbocycles. The summed E-state index contributed by atoms with van der Waals surface area (Å²) in [5, 5.41) is 3.14. The van der Waals surface area contributed by atoms with Crippen LogP contribution in [0.2, 0.25) is 0 Å². The minimum absolute atomic E-state index is 0.0112. The Hall–Kier alpha value is -0.810. The van der Waals surface area contributed by atoms with Crippen molar-refractivity contribution in [3.63, 3.8) is 0 Å². The van der Waals surface area contributed by atoms with Gasteiger partial charge in [-0.3, -0.25) is 4.79 Å². The summed E-state index contributed by atoms with van der Waals surface area (Å²) in [6.45, 7) is 2.37. The second kappa shape index (κ2) is 5.05. The van der Waals surface area contributed by atoms with Crippen molar-refractivity contribution in [2.45, 2.75) is 37.8 Å². The van der Waals surface area contributed by atoms with Gasteiger partial charge in [0.15, 0.2) is 0 Å². The highest BCUT2D eigenvalue weighted by molar-refractivity contribution is 9.10. The van der Waals surface area contributed by atoms with Gasteiger partial charge in [-0.25, -0.2) is 0 Å². The summed E-state index contributed by atoms with van der Waals surface area (Å²) in [6, 6.07) is 2.85. The molecule has 0 bridgehead atoms. The minimum atomic E-state index is 0.0112. The Morgan fingerprint density at radius 2 is 2.33 bits per heavy atom. The second-order valence-electron chi connectivity index (χ2n) is 5.26. The van der Waals surface area contributed by atoms with Crippen LogP contribution in [-0.2, 0) is 0 Å². The number of piperidine rings is 1. The van der Waals surface area contributed by atoms with Crippen molar-refractivity contribution in [3.05, 3.63) is 22.4 Å². The molecule has 1 amide bonds. The second-order valence-corrected chi connectivity index (χ2v) is 6.17. The monoisotopic (exact) mass is 311 g/mol. The summed E-state index contributed by atoms with van der Waals surface area (Å²) in [5.74, 6) is 0.0112. The Labute approximate surface area is 115 Å². The molecule has 3 rings (SSSR count). The van der Waals surface area contributed by atoms with Crippen molar-refractivity contribution in [1.82, 2.24) is 15.2 Å². The molecule has 2 saturated heterocycles. The maximum Gasteiger partial charge on any atom is 0.267 e. The van der Waals surface area contributed by atoms with Gasteiger partial charge in [-0.15, -0.1) is 0 Å². The number of halogens is 1. The van der Waals surface area contributed by atoms with Crippen LogP contribution in [-0.4, -0.2) is 41.0 Å². The molecule has 2 unspecified atom stereocenters. The number of fused-ring (bicyclic) bond motifs is 1. The first-order valence-electron chi connectivity index (χ1n) is 6.61. The molecular weight excluding hydrogens is 294 g/mol. The van der Waals surface area contributed by atoms with E-state index in [4.69, 9.17) is 0 Å². The van der Waals surface area contributed by atoms with E-state index in [0.29, 0.717) is 17.8 Å². The van der Waals surface area contributed by atoms with E-state index in [9.17, 15) is 4.79 Å². The predicted molar refractivity (Wildman–Crippen MR) is 73.6 cm³/mol. The number of nitrogens with zero attached hydrogens (tertiary/aromatic N) is 1. The number of hydrogen-bond donors (Lipinski definition) is 2. The summed E-state index contributed by atoms with van der Waals surface area (Å²) >= 11 is 3.34. The molecule has 0 saturated carbocycles. The Kier molecular flexibility index (Phi) is 3.43. The quantitative estimate of drug-likeness (QED) is 0.879. The van der Waals surface area contributed by atoms with Crippen molar-refractivity contribution in [3.8, 4) is 0 Å². The number of H-pyrrole nitrogens is 1. The number of amides is 1. The maximum absolute atomic E-state index is 12.0. The fourth-order valence-corrected chi connectivity index (χ4v) is 3.46. The van der Waals surface area contributed by atoms with Crippen LogP contribution in [0.15, 0.2) is 16.7 Å². The lowest BCUT2D eigenvalue weighted by Crippen LogP contribution is -2.47. The predicted octanol–water partition coefficient (Wildman–Crippen LogP) is 2.13. The van der Waals surface area contributed by atoms with E-state index in [1.54, 1.807) is 6.20 Å². The van der Waals surface area contributed by atoms with E-state index in [2.05, 4.69) is 31.1 Å². The first-order chi connectivity index (χ1) is 8.72. The molecule has 4 nitrogen and oxygen atoms in total. The Morgan fingerprint density at radius 1 is 1.44 bits per heavy atom. The number of aromatic amines is 1. The standard InChI is InChI=1S/C13H18BrN3O/c14-9-6-12(15-8-9)13(18)16-10-3-5-17-4-1-2-11(17)7-10/h6,8,10-11,15H,1-5,7H2,(H,16,18). The molecule has 0 radical (unpaired) electrons. The Morgan fingerprint density at radius 3 is 3.11 bits per heavy atom. The van der Waals surface area contributed by atoms with Gasteiger partial charge in [-0.1, -0.05) is 0 Å². The van der Waals surface area contributed by atoms with E-state index in [-0.39, 0.29) is 5.91 Å². The lowest BCUT2D eigenvalue weighted by Gasteiger charge is -2.35. The van der Waals surface area contributed by atoms with E-state index in [1.807, 2.05) is 6.07 Å². The molecule has 1 aromatic rings. The molecule has 18 heavy (non-hydrogen) atoms. The van der Waals surface area contributed by atoms with Gasteiger partial charge in [-0.2, -0.15) is 0 Å². The maximum atomic E-state index is 12.0. The zero-order valence-electron chi connectivity index (χ0n) is 10.3. The first kappa shape index (κ1) is 12.2. The number of hydrogen-bond acceptors (Lipinski definition) is 2. The lowest BCUT2D eigenvalue weighted by atomic mass is 9.97. The van der Waals surface area contributed by atoms with Crippen molar-refractivity contribution < 1.29 is 4.79 Å². The topological polar surface area (TPSA) is 48.1 Å². The molecule has 98 valence electrons. The van der Waals surface area contributed by atoms with Gasteiger partial charge >= 0.3 is 0 Å². The summed E-state index contributed by atoms with van der Waals surface area (Å²) in [5.41, 5.74) is 0.635. The summed E-state index contributed by atoms with van der Waals surface area (Å²) in [7, 11) is 0. The van der Waals surface area contributed by atoms with Crippen LogP contribution in [0.1, 0.15) is 36.2 Å². The molecule has 2 aliphatic rings. The largest absolute Gasteiger partial charge is 0.356 e. The van der Waals surface area contributed by atoms with Crippen molar-refractivity contribution in [2.75, 3.05) is 13.1 Å². The van der Waals surface area contributed by atoms with Crippen LogP contribution in [0.25, 0.3) is 0 Å². The Bertz CT molecular complexity index is 445. The van der Waals surface area contributed by atoms with Gasteiger partial charge in [0.2, 0.25) is 0 Å². The average molecular weight is 312 g/mol. The molecule has 2 atom stereocenters. The van der Waals surface area contributed by atoms with Gasteiger partial charge in [0.05, 0.1) is 0 Å². The smallest absolute Gasteiger partial charge is 0.267 e. The van der Waals surface area contributed by atoms with Crippen LogP contribution in [0.3, 0.4) is 0 Å². The molecule has 2 fully saturated rings. The number of nitrogens with one attached hydrogen (secondary N) is 2. The summed E-state index contributed by atoms with van der Waals surface area (Å²) in [6.07, 6.45) is 6.57. The van der Waals surface area contributed by atoms with Crippen LogP contribution in [0, 0.1) is 0 Å². The molecule has 2 N–H and O–H groups in total. The van der Waals surface area contributed by atoms with Crippen molar-refractivity contribution >= 4 is 21.8 Å². The average Bonchev–Trinajstić information content (AvgIpc) is 2.96. The number of carbonyl (C=O) groups is 1. The van der Waals surface area contributed by atoms with Gasteiger partial charge in [0.25, 0.3) is 5.91 Å². The molecule has 3 heterocycles. The SMILES string of the molecule is O=C(NC1CCN2CCCC2C1)c1cc(Br)c[nH]1. The van der Waals surface area contributed by atoms with Gasteiger partial charge in [-0.05, 0) is 54.2 Å².